The Morgan fingerprint density at radius 1 is 1.14 bits per heavy atom. The van der Waals surface area contributed by atoms with Crippen molar-refractivity contribution in [2.75, 3.05) is 12.8 Å². The largest absolute Gasteiger partial charge is 0.463 e. The van der Waals surface area contributed by atoms with Crippen LogP contribution in [0.3, 0.4) is 0 Å². The summed E-state index contributed by atoms with van der Waals surface area (Å²) in [5, 5.41) is 11.1. The van der Waals surface area contributed by atoms with Gasteiger partial charge in [0, 0.05) is 7.05 Å². The van der Waals surface area contributed by atoms with Crippen LogP contribution < -0.4 is 5.32 Å². The lowest BCUT2D eigenvalue weighted by Crippen LogP contribution is -2.20. The van der Waals surface area contributed by atoms with Gasteiger partial charge in [0.2, 0.25) is 11.1 Å². The predicted molar refractivity (Wildman–Crippen MR) is 80.0 cm³/mol. The van der Waals surface area contributed by atoms with Crippen molar-refractivity contribution in [3.05, 3.63) is 36.8 Å². The van der Waals surface area contributed by atoms with Crippen molar-refractivity contribution in [2.45, 2.75) is 5.16 Å². The number of thioether (sulfide) groups is 1. The van der Waals surface area contributed by atoms with Gasteiger partial charge in [0.05, 0.1) is 18.3 Å². The molecule has 0 saturated heterocycles. The van der Waals surface area contributed by atoms with E-state index in [0.717, 1.165) is 0 Å². The van der Waals surface area contributed by atoms with Crippen LogP contribution in [0.25, 0.3) is 22.9 Å². The molecule has 0 fully saturated rings. The Balaban J connectivity index is 1.96. The molecule has 3 aromatic heterocycles. The van der Waals surface area contributed by atoms with E-state index in [1.165, 1.54) is 11.8 Å². The number of hydrogen-bond acceptors (Lipinski definition) is 7. The first-order valence-corrected chi connectivity index (χ1v) is 7.42. The molecule has 1 amide bonds. The quantitative estimate of drug-likeness (QED) is 0.721. The van der Waals surface area contributed by atoms with Gasteiger partial charge in [0.15, 0.2) is 17.2 Å². The third kappa shape index (κ3) is 3.01. The minimum atomic E-state index is -0.108. The summed E-state index contributed by atoms with van der Waals surface area (Å²) >= 11 is 1.20. The first-order valence-electron chi connectivity index (χ1n) is 6.44. The third-order valence-corrected chi connectivity index (χ3v) is 3.63. The first-order chi connectivity index (χ1) is 10.8. The summed E-state index contributed by atoms with van der Waals surface area (Å²) in [4.78, 5) is 15.7. The number of amides is 1. The van der Waals surface area contributed by atoms with E-state index in [-0.39, 0.29) is 11.7 Å². The highest BCUT2D eigenvalue weighted by Crippen LogP contribution is 2.30. The SMILES string of the molecule is CNC(=O)CSc1nnc(-c2ccco2)c(-c2ccco2)n1. The fraction of sp³-hybridized carbons (Fsp3) is 0.143. The molecule has 3 heterocycles. The smallest absolute Gasteiger partial charge is 0.230 e. The van der Waals surface area contributed by atoms with E-state index in [0.29, 0.717) is 28.1 Å². The summed E-state index contributed by atoms with van der Waals surface area (Å²) in [5.74, 6) is 1.22. The summed E-state index contributed by atoms with van der Waals surface area (Å²) < 4.78 is 10.8. The monoisotopic (exact) mass is 316 g/mol. The minimum absolute atomic E-state index is 0.108. The number of nitrogens with one attached hydrogen (secondary N) is 1. The van der Waals surface area contributed by atoms with E-state index in [2.05, 4.69) is 20.5 Å². The maximum Gasteiger partial charge on any atom is 0.230 e. The summed E-state index contributed by atoms with van der Waals surface area (Å²) in [6.07, 6.45) is 3.11. The highest BCUT2D eigenvalue weighted by Gasteiger charge is 2.18. The lowest BCUT2D eigenvalue weighted by molar-refractivity contribution is -0.118. The van der Waals surface area contributed by atoms with Crippen molar-refractivity contribution < 1.29 is 13.6 Å². The average molecular weight is 316 g/mol. The molecule has 0 aromatic carbocycles. The molecule has 0 unspecified atom stereocenters. The number of carbonyl (C=O) groups excluding carboxylic acids is 1. The molecule has 7 nitrogen and oxygen atoms in total. The molecule has 8 heteroatoms. The zero-order valence-corrected chi connectivity index (χ0v) is 12.5. The summed E-state index contributed by atoms with van der Waals surface area (Å²) in [5.41, 5.74) is 1.01. The molecule has 0 atom stereocenters. The van der Waals surface area contributed by atoms with E-state index in [1.54, 1.807) is 43.8 Å². The molecule has 0 aliphatic carbocycles. The number of rotatable bonds is 5. The Labute approximate surface area is 130 Å². The van der Waals surface area contributed by atoms with Gasteiger partial charge in [0.25, 0.3) is 0 Å². The van der Waals surface area contributed by atoms with Gasteiger partial charge in [-0.2, -0.15) is 0 Å². The van der Waals surface area contributed by atoms with Crippen LogP contribution in [-0.2, 0) is 4.79 Å². The van der Waals surface area contributed by atoms with E-state index in [1.807, 2.05) is 0 Å². The Bertz CT molecular complexity index is 757. The van der Waals surface area contributed by atoms with Crippen LogP contribution in [0.2, 0.25) is 0 Å². The van der Waals surface area contributed by atoms with Gasteiger partial charge in [-0.3, -0.25) is 4.79 Å². The van der Waals surface area contributed by atoms with Crippen molar-refractivity contribution >= 4 is 17.7 Å². The summed E-state index contributed by atoms with van der Waals surface area (Å²) in [6, 6.07) is 7.08. The molecular formula is C14H12N4O3S. The van der Waals surface area contributed by atoms with Gasteiger partial charge in [0.1, 0.15) is 5.69 Å². The van der Waals surface area contributed by atoms with Crippen molar-refractivity contribution in [3.8, 4) is 22.9 Å². The highest BCUT2D eigenvalue weighted by atomic mass is 32.2. The Morgan fingerprint density at radius 3 is 2.41 bits per heavy atom. The highest BCUT2D eigenvalue weighted by molar-refractivity contribution is 7.99. The predicted octanol–water partition coefficient (Wildman–Crippen LogP) is 2.23. The second kappa shape index (κ2) is 6.44. The lowest BCUT2D eigenvalue weighted by Gasteiger charge is -2.05. The summed E-state index contributed by atoms with van der Waals surface area (Å²) in [7, 11) is 1.58. The molecule has 0 radical (unpaired) electrons. The molecule has 0 spiro atoms. The van der Waals surface area contributed by atoms with E-state index < -0.39 is 0 Å². The van der Waals surface area contributed by atoms with Gasteiger partial charge in [-0.05, 0) is 24.3 Å². The molecule has 0 saturated carbocycles. The zero-order valence-electron chi connectivity index (χ0n) is 11.6. The number of hydrogen-bond donors (Lipinski definition) is 1. The van der Waals surface area contributed by atoms with Gasteiger partial charge in [-0.25, -0.2) is 4.98 Å². The summed E-state index contributed by atoms with van der Waals surface area (Å²) in [6.45, 7) is 0. The first kappa shape index (κ1) is 14.3. The van der Waals surface area contributed by atoms with Crippen LogP contribution in [-0.4, -0.2) is 33.9 Å². The minimum Gasteiger partial charge on any atom is -0.463 e. The van der Waals surface area contributed by atoms with E-state index in [9.17, 15) is 4.79 Å². The maximum absolute atomic E-state index is 11.3. The molecule has 0 bridgehead atoms. The van der Waals surface area contributed by atoms with Crippen molar-refractivity contribution in [3.63, 3.8) is 0 Å². The number of nitrogens with zero attached hydrogens (tertiary/aromatic N) is 3. The zero-order chi connectivity index (χ0) is 15.4. The van der Waals surface area contributed by atoms with Crippen molar-refractivity contribution in [1.82, 2.24) is 20.5 Å². The normalized spacial score (nSPS) is 10.6. The van der Waals surface area contributed by atoms with Gasteiger partial charge >= 0.3 is 0 Å². The van der Waals surface area contributed by atoms with Gasteiger partial charge < -0.3 is 14.2 Å². The van der Waals surface area contributed by atoms with Gasteiger partial charge in [-0.1, -0.05) is 11.8 Å². The third-order valence-electron chi connectivity index (χ3n) is 2.79. The number of carbonyl (C=O) groups is 1. The Hall–Kier alpha value is -2.61. The fourth-order valence-electron chi connectivity index (χ4n) is 1.74. The molecule has 1 N–H and O–H groups in total. The number of aromatic nitrogens is 3. The Morgan fingerprint density at radius 2 is 1.82 bits per heavy atom. The molecule has 22 heavy (non-hydrogen) atoms. The van der Waals surface area contributed by atoms with E-state index in [4.69, 9.17) is 8.83 Å². The van der Waals surface area contributed by atoms with Crippen LogP contribution in [0, 0.1) is 0 Å². The average Bonchev–Trinajstić information content (AvgIpc) is 3.25. The lowest BCUT2D eigenvalue weighted by atomic mass is 10.2. The van der Waals surface area contributed by atoms with E-state index >= 15 is 0 Å². The number of furan rings is 2. The van der Waals surface area contributed by atoms with Crippen LogP contribution in [0.5, 0.6) is 0 Å². The molecule has 3 rings (SSSR count). The van der Waals surface area contributed by atoms with Crippen molar-refractivity contribution in [2.24, 2.45) is 0 Å². The molecular weight excluding hydrogens is 304 g/mol. The molecule has 3 aromatic rings. The van der Waals surface area contributed by atoms with Gasteiger partial charge in [-0.15, -0.1) is 10.2 Å². The molecule has 112 valence electrons. The van der Waals surface area contributed by atoms with Crippen LogP contribution in [0.1, 0.15) is 0 Å². The maximum atomic E-state index is 11.3. The topological polar surface area (TPSA) is 94.1 Å². The van der Waals surface area contributed by atoms with Crippen molar-refractivity contribution in [1.29, 1.82) is 0 Å². The molecule has 0 aliphatic heterocycles. The van der Waals surface area contributed by atoms with Crippen LogP contribution >= 0.6 is 11.8 Å². The fourth-order valence-corrected chi connectivity index (χ4v) is 2.40. The Kier molecular flexibility index (Phi) is 4.19. The molecule has 0 aliphatic rings. The van der Waals surface area contributed by atoms with Crippen LogP contribution in [0.15, 0.2) is 50.8 Å². The van der Waals surface area contributed by atoms with Crippen LogP contribution in [0.4, 0.5) is 0 Å². The standard InChI is InChI=1S/C14H12N4O3S/c1-15-11(19)8-22-14-16-12(9-4-2-6-20-9)13(17-18-14)10-5-3-7-21-10/h2-7H,8H2,1H3,(H,15,19). The second-order valence-corrected chi connectivity index (χ2v) is 5.15. The second-order valence-electron chi connectivity index (χ2n) is 4.21.